The van der Waals surface area contributed by atoms with Crippen molar-refractivity contribution in [2.45, 2.75) is 0 Å². The lowest BCUT2D eigenvalue weighted by Gasteiger charge is -2.29. The number of hydrogen-bond donors (Lipinski definition) is 0. The third kappa shape index (κ3) is 2.60. The Morgan fingerprint density at radius 2 is 1.41 bits per heavy atom. The summed E-state index contributed by atoms with van der Waals surface area (Å²) < 4.78 is -2.17. The molecule has 2 aromatic carbocycles. The summed E-state index contributed by atoms with van der Waals surface area (Å²) in [7, 11) is 0. The molecular weight excluding hydrogens is 337 g/mol. The first-order valence-electron chi connectivity index (χ1n) is 5.73. The molecule has 0 amide bonds. The van der Waals surface area contributed by atoms with Gasteiger partial charge in [-0.1, -0.05) is 29.3 Å². The molecular formula is C12H7Cl2N3O5. The summed E-state index contributed by atoms with van der Waals surface area (Å²) >= 11 is 11.8. The first kappa shape index (κ1) is 16.1. The van der Waals surface area contributed by atoms with Crippen LogP contribution in [0.25, 0.3) is 0 Å². The lowest BCUT2D eigenvalue weighted by molar-refractivity contribution is -0.609. The van der Waals surface area contributed by atoms with Crippen LogP contribution in [0, 0.1) is 25.4 Å². The Hall–Kier alpha value is -2.26. The van der Waals surface area contributed by atoms with Crippen molar-refractivity contribution in [1.82, 2.24) is 4.76 Å². The fraction of sp³-hybridized carbons (Fsp3) is 0. The Bertz CT molecular complexity index is 733. The third-order valence-corrected chi connectivity index (χ3v) is 3.49. The molecule has 0 bridgehead atoms. The van der Waals surface area contributed by atoms with Gasteiger partial charge in [0.2, 0.25) is 16.4 Å². The van der Waals surface area contributed by atoms with E-state index in [0.717, 1.165) is 24.3 Å². The van der Waals surface area contributed by atoms with Gasteiger partial charge >= 0.3 is 0 Å². The highest BCUT2D eigenvalue weighted by atomic mass is 35.5. The number of nitrogens with zero attached hydrogens (tertiary/aromatic N) is 3. The molecule has 8 nitrogen and oxygen atoms in total. The van der Waals surface area contributed by atoms with E-state index in [1.165, 1.54) is 18.2 Å². The van der Waals surface area contributed by atoms with E-state index in [9.17, 15) is 25.4 Å². The van der Waals surface area contributed by atoms with E-state index in [1.807, 2.05) is 0 Å². The van der Waals surface area contributed by atoms with Crippen LogP contribution < -0.4 is 4.76 Å². The van der Waals surface area contributed by atoms with Gasteiger partial charge in [-0.3, -0.25) is 10.1 Å². The maximum absolute atomic E-state index is 12.8. The van der Waals surface area contributed by atoms with Crippen LogP contribution in [0.15, 0.2) is 42.5 Å². The summed E-state index contributed by atoms with van der Waals surface area (Å²) in [6.07, 6.45) is 0. The van der Waals surface area contributed by atoms with Gasteiger partial charge in [-0.15, -0.1) is 0 Å². The maximum Gasteiger partial charge on any atom is 0.269 e. The van der Waals surface area contributed by atoms with Crippen LogP contribution in [-0.4, -0.2) is 9.96 Å². The van der Waals surface area contributed by atoms with Gasteiger partial charge in [0.25, 0.3) is 5.69 Å². The number of rotatable bonds is 4. The smallest absolute Gasteiger partial charge is 0.269 e. The summed E-state index contributed by atoms with van der Waals surface area (Å²) in [6.45, 7) is 0. The molecule has 0 saturated heterocycles. The zero-order valence-corrected chi connectivity index (χ0v) is 12.2. The Labute approximate surface area is 133 Å². The van der Waals surface area contributed by atoms with Gasteiger partial charge in [-0.25, -0.2) is 10.1 Å². The second kappa shape index (κ2) is 5.85. The number of para-hydroxylation sites is 1. The summed E-state index contributed by atoms with van der Waals surface area (Å²) in [5.41, 5.74) is -1.14. The van der Waals surface area contributed by atoms with Gasteiger partial charge in [0, 0.05) is 24.3 Å². The minimum Gasteiger partial charge on any atom is -0.558 e. The second-order valence-electron chi connectivity index (χ2n) is 4.16. The normalized spacial score (nSPS) is 13.4. The Morgan fingerprint density at radius 1 is 0.909 bits per heavy atom. The predicted octanol–water partition coefficient (Wildman–Crippen LogP) is 4.23. The molecule has 1 unspecified atom stereocenters. The molecule has 2 aromatic rings. The average molecular weight is 344 g/mol. The highest BCUT2D eigenvalue weighted by Crippen LogP contribution is 2.43. The molecule has 0 saturated carbocycles. The van der Waals surface area contributed by atoms with Crippen molar-refractivity contribution in [3.63, 3.8) is 0 Å². The maximum atomic E-state index is 12.8. The lowest BCUT2D eigenvalue weighted by atomic mass is 10.2. The fourth-order valence-electron chi connectivity index (χ4n) is 1.86. The Balaban J connectivity index is 2.68. The minimum absolute atomic E-state index is 0.183. The van der Waals surface area contributed by atoms with E-state index in [2.05, 4.69) is 0 Å². The van der Waals surface area contributed by atoms with Crippen molar-refractivity contribution in [2.75, 3.05) is 0 Å². The number of quaternary nitrogens is 1. The predicted molar refractivity (Wildman–Crippen MR) is 81.4 cm³/mol. The number of nitro benzene ring substituents is 1. The van der Waals surface area contributed by atoms with Crippen LogP contribution in [0.3, 0.4) is 0 Å². The fourth-order valence-corrected chi connectivity index (χ4v) is 2.49. The monoisotopic (exact) mass is 343 g/mol. The molecule has 0 heterocycles. The van der Waals surface area contributed by atoms with Crippen LogP contribution in [-0.2, 0) is 0 Å². The second-order valence-corrected chi connectivity index (χ2v) is 4.97. The first-order valence-corrected chi connectivity index (χ1v) is 6.48. The topological polar surface area (TPSA) is 109 Å². The van der Waals surface area contributed by atoms with E-state index < -0.39 is 20.4 Å². The summed E-state index contributed by atoms with van der Waals surface area (Å²) in [5, 5.41) is 33.3. The van der Waals surface area contributed by atoms with Crippen molar-refractivity contribution in [1.29, 1.82) is 0 Å². The molecule has 0 spiro atoms. The van der Waals surface area contributed by atoms with Gasteiger partial charge in [0.15, 0.2) is 0 Å². The van der Waals surface area contributed by atoms with E-state index in [0.29, 0.717) is 0 Å². The molecule has 0 fully saturated rings. The minimum atomic E-state index is -2.17. The summed E-state index contributed by atoms with van der Waals surface area (Å²) in [6, 6.07) is 8.00. The SMILES string of the molecule is O=[N+]([O-])c1ccc([N+]([O-])(c2c(Cl)cccc2Cl)[N+](=O)[O-])cc1. The first-order chi connectivity index (χ1) is 10.3. The third-order valence-electron chi connectivity index (χ3n) is 2.88. The van der Waals surface area contributed by atoms with E-state index in [4.69, 9.17) is 23.2 Å². The molecule has 1 atom stereocenters. The van der Waals surface area contributed by atoms with Crippen LogP contribution >= 0.6 is 23.2 Å². The molecule has 0 N–H and O–H groups in total. The van der Waals surface area contributed by atoms with Gasteiger partial charge in [0.1, 0.15) is 10.0 Å². The molecule has 2 rings (SSSR count). The van der Waals surface area contributed by atoms with Crippen molar-refractivity contribution >= 4 is 40.3 Å². The number of nitro groups is 2. The zero-order chi connectivity index (χ0) is 16.5. The van der Waals surface area contributed by atoms with Crippen LogP contribution in [0.5, 0.6) is 0 Å². The highest BCUT2D eigenvalue weighted by molar-refractivity contribution is 6.39. The number of non-ortho nitro benzene ring substituents is 1. The molecule has 10 heteroatoms. The largest absolute Gasteiger partial charge is 0.558 e. The standard InChI is InChI=1S/C12H7Cl2N3O5/c13-10-2-1-3-11(14)12(10)17(22,16(20)21)9-6-4-8(5-7-9)15(18)19/h1-7H. The van der Waals surface area contributed by atoms with Crippen molar-refractivity contribution in [3.8, 4) is 0 Å². The molecule has 0 aromatic heterocycles. The van der Waals surface area contributed by atoms with Gasteiger partial charge in [-0.2, -0.15) is 0 Å². The van der Waals surface area contributed by atoms with Crippen LogP contribution in [0.4, 0.5) is 17.1 Å². The molecule has 22 heavy (non-hydrogen) atoms. The summed E-state index contributed by atoms with van der Waals surface area (Å²) in [4.78, 5) is 21.3. The van der Waals surface area contributed by atoms with Gasteiger partial charge in [0.05, 0.1) is 4.92 Å². The molecule has 0 aliphatic carbocycles. The molecule has 0 aliphatic rings. The molecule has 0 aliphatic heterocycles. The number of halogens is 2. The highest BCUT2D eigenvalue weighted by Gasteiger charge is 2.41. The van der Waals surface area contributed by atoms with E-state index >= 15 is 0 Å². The van der Waals surface area contributed by atoms with E-state index in [1.54, 1.807) is 0 Å². The summed E-state index contributed by atoms with van der Waals surface area (Å²) in [5.74, 6) is 0. The van der Waals surface area contributed by atoms with Crippen molar-refractivity contribution < 1.29 is 9.96 Å². The van der Waals surface area contributed by atoms with Crippen molar-refractivity contribution in [2.24, 2.45) is 0 Å². The molecule has 0 radical (unpaired) electrons. The average Bonchev–Trinajstić information content (AvgIpc) is 2.46. The molecule has 114 valence electrons. The Kier molecular flexibility index (Phi) is 4.29. The number of benzene rings is 2. The van der Waals surface area contributed by atoms with Crippen LogP contribution in [0.1, 0.15) is 0 Å². The zero-order valence-electron chi connectivity index (χ0n) is 10.7. The van der Waals surface area contributed by atoms with Gasteiger partial charge in [-0.05, 0) is 16.9 Å². The number of hydrogen-bond acceptors (Lipinski definition) is 5. The lowest BCUT2D eigenvalue weighted by Crippen LogP contribution is -2.43. The van der Waals surface area contributed by atoms with Gasteiger partial charge < -0.3 is 5.21 Å². The Morgan fingerprint density at radius 3 is 1.82 bits per heavy atom. The van der Waals surface area contributed by atoms with E-state index in [-0.39, 0.29) is 21.4 Å². The van der Waals surface area contributed by atoms with Crippen molar-refractivity contribution in [3.05, 3.63) is 77.9 Å². The quantitative estimate of drug-likeness (QED) is 0.468. The van der Waals surface area contributed by atoms with Crippen LogP contribution in [0.2, 0.25) is 10.0 Å².